The van der Waals surface area contributed by atoms with Crippen molar-refractivity contribution in [3.8, 4) is 5.75 Å². The molecule has 0 aliphatic carbocycles. The van der Waals surface area contributed by atoms with Gasteiger partial charge in [-0.05, 0) is 48.9 Å². The van der Waals surface area contributed by atoms with Crippen molar-refractivity contribution in [2.24, 2.45) is 5.92 Å². The van der Waals surface area contributed by atoms with Gasteiger partial charge in [-0.25, -0.2) is 0 Å². The number of nitrogens with zero attached hydrogens (tertiary/aromatic N) is 4. The Morgan fingerprint density at radius 2 is 2.00 bits per heavy atom. The van der Waals surface area contributed by atoms with Crippen LogP contribution < -0.4 is 15.0 Å². The van der Waals surface area contributed by atoms with Crippen LogP contribution >= 0.6 is 0 Å². The maximum atomic E-state index is 13.2. The number of hydrogen-bond donors (Lipinski definition) is 3. The van der Waals surface area contributed by atoms with Crippen molar-refractivity contribution in [1.82, 2.24) is 15.0 Å². The molecule has 0 radical (unpaired) electrons. The summed E-state index contributed by atoms with van der Waals surface area (Å²) in [7, 11) is 3.18. The molecule has 3 N–H and O–H groups in total. The maximum absolute atomic E-state index is 13.2. The largest absolute Gasteiger partial charge is 0.497 e. The number of rotatable bonds is 10. The minimum Gasteiger partial charge on any atom is -0.497 e. The van der Waals surface area contributed by atoms with Gasteiger partial charge in [-0.1, -0.05) is 24.3 Å². The Hall–Kier alpha value is -4.02. The summed E-state index contributed by atoms with van der Waals surface area (Å²) in [5, 5.41) is 31.5. The van der Waals surface area contributed by atoms with E-state index in [2.05, 4.69) is 15.6 Å². The Balaban J connectivity index is 1.48. The minimum absolute atomic E-state index is 0.0194. The molecule has 1 aliphatic heterocycles. The van der Waals surface area contributed by atoms with E-state index in [-0.39, 0.29) is 12.5 Å². The Bertz CT molecular complexity index is 1300. The number of methoxy groups -OCH3 is 1. The molecule has 2 atom stereocenters. The van der Waals surface area contributed by atoms with Crippen molar-refractivity contribution in [3.63, 3.8) is 0 Å². The summed E-state index contributed by atoms with van der Waals surface area (Å²) >= 11 is 0. The lowest BCUT2D eigenvalue weighted by Gasteiger charge is -2.27. The van der Waals surface area contributed by atoms with Crippen LogP contribution in [0.4, 0.5) is 11.4 Å². The number of likely N-dealkylation sites (N-methyl/N-ethyl adjacent to an activating group) is 1. The number of carbonyl (C=O) groups is 2. The Labute approximate surface area is 215 Å². The first-order valence-electron chi connectivity index (χ1n) is 12.0. The van der Waals surface area contributed by atoms with Crippen molar-refractivity contribution >= 4 is 23.2 Å². The molecule has 0 unspecified atom stereocenters. The van der Waals surface area contributed by atoms with Gasteiger partial charge >= 0.3 is 0 Å². The quantitative estimate of drug-likeness (QED) is 0.361. The molecular weight excluding hydrogens is 474 g/mol. The molecule has 2 amide bonds. The summed E-state index contributed by atoms with van der Waals surface area (Å²) in [6.45, 7) is 2.38. The summed E-state index contributed by atoms with van der Waals surface area (Å²) in [5.41, 5.74) is 0.909. The van der Waals surface area contributed by atoms with Crippen LogP contribution in [0.1, 0.15) is 35.0 Å². The number of allylic oxidation sites excluding steroid dienone is 1. The van der Waals surface area contributed by atoms with Crippen LogP contribution in [0.5, 0.6) is 5.75 Å². The highest BCUT2D eigenvalue weighted by molar-refractivity contribution is 6.08. The Kier molecular flexibility index (Phi) is 7.70. The van der Waals surface area contributed by atoms with Crippen LogP contribution in [0.3, 0.4) is 0 Å². The second-order valence-electron chi connectivity index (χ2n) is 9.00. The third-order valence-electron chi connectivity index (χ3n) is 6.57. The van der Waals surface area contributed by atoms with Gasteiger partial charge in [-0.2, -0.15) is 0 Å². The highest BCUT2D eigenvalue weighted by Gasteiger charge is 2.51. The predicted octanol–water partition coefficient (Wildman–Crippen LogP) is 2.52. The van der Waals surface area contributed by atoms with E-state index < -0.39 is 17.4 Å². The van der Waals surface area contributed by atoms with Gasteiger partial charge in [0.2, 0.25) is 0 Å². The summed E-state index contributed by atoms with van der Waals surface area (Å²) in [4.78, 5) is 27.3. The molecule has 37 heavy (non-hydrogen) atoms. The molecule has 0 saturated carbocycles. The van der Waals surface area contributed by atoms with Crippen LogP contribution in [-0.4, -0.2) is 57.8 Å². The van der Waals surface area contributed by atoms with Gasteiger partial charge in [0, 0.05) is 55.5 Å². The number of aromatic nitrogens is 3. The molecular formula is C27H31N5O5. The van der Waals surface area contributed by atoms with E-state index in [0.29, 0.717) is 47.6 Å². The average molecular weight is 506 g/mol. The lowest BCUT2D eigenvalue weighted by Crippen LogP contribution is -2.43. The van der Waals surface area contributed by atoms with E-state index in [9.17, 15) is 14.7 Å². The topological polar surface area (TPSA) is 130 Å². The molecule has 1 aliphatic rings. The van der Waals surface area contributed by atoms with Crippen molar-refractivity contribution < 1.29 is 24.5 Å². The van der Waals surface area contributed by atoms with Gasteiger partial charge in [-0.3, -0.25) is 14.3 Å². The van der Waals surface area contributed by atoms with Gasteiger partial charge in [-0.15, -0.1) is 5.10 Å². The molecule has 10 heteroatoms. The molecule has 194 valence electrons. The molecule has 10 nitrogen and oxygen atoms in total. The standard InChI is InChI=1S/C27H31N5O5/c1-18(6-4-5-14-32-17-21(13-15-33)29-30-32)27(36)23-16-20(9-12-24(23)31(2)26(27)35)28-25(34)19-7-10-22(37-3)11-8-19/h4,6-12,16-18,33,36H,5,13-15H2,1-3H3,(H,28,34)/b6-4+/t18-,27+/m1/s1. The fourth-order valence-corrected chi connectivity index (χ4v) is 4.40. The summed E-state index contributed by atoms with van der Waals surface area (Å²) in [6, 6.07) is 11.8. The first-order valence-corrected chi connectivity index (χ1v) is 12.0. The highest BCUT2D eigenvalue weighted by atomic mass is 16.5. The second kappa shape index (κ2) is 10.9. The van der Waals surface area contributed by atoms with Crippen molar-refractivity contribution in [2.75, 3.05) is 31.0 Å². The number of ether oxygens (including phenoxy) is 1. The lowest BCUT2D eigenvalue weighted by molar-refractivity contribution is -0.139. The molecule has 2 heterocycles. The molecule has 0 saturated heterocycles. The third kappa shape index (κ3) is 5.25. The zero-order chi connectivity index (χ0) is 26.6. The van der Waals surface area contributed by atoms with E-state index in [4.69, 9.17) is 9.84 Å². The van der Waals surface area contributed by atoms with E-state index >= 15 is 0 Å². The summed E-state index contributed by atoms with van der Waals surface area (Å²) < 4.78 is 6.82. The molecule has 2 aromatic carbocycles. The molecule has 4 rings (SSSR count). The lowest BCUT2D eigenvalue weighted by atomic mass is 9.82. The van der Waals surface area contributed by atoms with Crippen LogP contribution in [0.15, 0.2) is 60.8 Å². The van der Waals surface area contributed by atoms with Crippen LogP contribution in [0, 0.1) is 5.92 Å². The average Bonchev–Trinajstić information content (AvgIpc) is 3.43. The number of hydrogen-bond acceptors (Lipinski definition) is 7. The van der Waals surface area contributed by atoms with Crippen LogP contribution in [0.2, 0.25) is 0 Å². The van der Waals surface area contributed by atoms with Gasteiger partial charge in [0.15, 0.2) is 5.60 Å². The number of amides is 2. The Morgan fingerprint density at radius 3 is 2.70 bits per heavy atom. The number of carbonyl (C=O) groups excluding carboxylic acids is 2. The molecule has 0 fully saturated rings. The first kappa shape index (κ1) is 26.1. The van der Waals surface area contributed by atoms with Crippen molar-refractivity contribution in [3.05, 3.63) is 77.6 Å². The number of aliphatic hydroxyl groups excluding tert-OH is 1. The molecule has 0 spiro atoms. The van der Waals surface area contributed by atoms with Gasteiger partial charge < -0.3 is 25.2 Å². The van der Waals surface area contributed by atoms with Gasteiger partial charge in [0.25, 0.3) is 11.8 Å². The molecule has 1 aromatic heterocycles. The fraction of sp³-hybridized carbons (Fsp3) is 0.333. The number of benzene rings is 2. The zero-order valence-electron chi connectivity index (χ0n) is 21.1. The zero-order valence-corrected chi connectivity index (χ0v) is 21.1. The van der Waals surface area contributed by atoms with E-state index in [1.54, 1.807) is 74.4 Å². The Morgan fingerprint density at radius 1 is 1.24 bits per heavy atom. The monoisotopic (exact) mass is 505 g/mol. The first-order chi connectivity index (χ1) is 17.8. The van der Waals surface area contributed by atoms with Crippen molar-refractivity contribution in [1.29, 1.82) is 0 Å². The number of nitrogens with one attached hydrogen (secondary N) is 1. The summed E-state index contributed by atoms with van der Waals surface area (Å²) in [5.74, 6) is -0.623. The number of aryl methyl sites for hydroxylation is 1. The van der Waals surface area contributed by atoms with E-state index in [1.165, 1.54) is 4.90 Å². The minimum atomic E-state index is -1.77. The van der Waals surface area contributed by atoms with E-state index in [1.807, 2.05) is 12.2 Å². The van der Waals surface area contributed by atoms with Crippen molar-refractivity contribution in [2.45, 2.75) is 31.9 Å². The second-order valence-corrected chi connectivity index (χ2v) is 9.00. The SMILES string of the molecule is COc1ccc(C(=O)Nc2ccc3c(c2)[C@@](O)([C@H](C)/C=C/CCn2cc(CCO)nn2)C(=O)N3C)cc1. The third-order valence-corrected chi connectivity index (χ3v) is 6.57. The number of anilines is 2. The van der Waals surface area contributed by atoms with Gasteiger partial charge in [0.05, 0.1) is 18.5 Å². The molecule has 0 bridgehead atoms. The predicted molar refractivity (Wildman–Crippen MR) is 138 cm³/mol. The van der Waals surface area contributed by atoms with Crippen LogP contribution in [0.25, 0.3) is 0 Å². The van der Waals surface area contributed by atoms with Crippen LogP contribution in [-0.2, 0) is 23.4 Å². The van der Waals surface area contributed by atoms with Gasteiger partial charge in [0.1, 0.15) is 5.75 Å². The number of aliphatic hydroxyl groups is 2. The highest BCUT2D eigenvalue weighted by Crippen LogP contribution is 2.45. The summed E-state index contributed by atoms with van der Waals surface area (Å²) in [6.07, 6.45) is 6.58. The maximum Gasteiger partial charge on any atom is 0.264 e. The molecule has 3 aromatic rings. The smallest absolute Gasteiger partial charge is 0.264 e. The normalized spacial score (nSPS) is 17.8. The number of fused-ring (bicyclic) bond motifs is 1. The fourth-order valence-electron chi connectivity index (χ4n) is 4.40. The van der Waals surface area contributed by atoms with E-state index in [0.717, 1.165) is 5.69 Å².